The van der Waals surface area contributed by atoms with Crippen molar-refractivity contribution >= 4 is 17.8 Å². The molecule has 2 rings (SSSR count). The summed E-state index contributed by atoms with van der Waals surface area (Å²) in [5, 5.41) is 15.2. The number of carbonyl (C=O) groups is 3. The Morgan fingerprint density at radius 1 is 0.923 bits per heavy atom. The summed E-state index contributed by atoms with van der Waals surface area (Å²) >= 11 is 0. The molecule has 3 N–H and O–H groups in total. The fourth-order valence-corrected chi connectivity index (χ4v) is 3.32. The molecule has 0 bridgehead atoms. The zero-order valence-electron chi connectivity index (χ0n) is 15.5. The largest absolute Gasteiger partial charge is 0.481 e. The van der Waals surface area contributed by atoms with Crippen LogP contribution in [-0.4, -0.2) is 35.0 Å². The molecule has 0 saturated heterocycles. The number of carboxylic acid groups (broad SMARTS) is 1. The molecule has 2 amide bonds. The highest BCUT2D eigenvalue weighted by Crippen LogP contribution is 2.23. The van der Waals surface area contributed by atoms with Gasteiger partial charge in [-0.25, -0.2) is 0 Å². The van der Waals surface area contributed by atoms with Crippen molar-refractivity contribution in [3.63, 3.8) is 0 Å². The maximum absolute atomic E-state index is 12.5. The smallest absolute Gasteiger partial charge is 0.308 e. The summed E-state index contributed by atoms with van der Waals surface area (Å²) in [6, 6.07) is 6.10. The molecule has 0 spiro atoms. The normalized spacial score (nSPS) is 20.7. The monoisotopic (exact) mass is 360 g/mol. The number of carboxylic acids is 1. The van der Waals surface area contributed by atoms with Gasteiger partial charge < -0.3 is 15.7 Å². The lowest BCUT2D eigenvalue weighted by atomic mass is 9.86. The minimum atomic E-state index is -0.849. The second kappa shape index (κ2) is 9.36. The van der Waals surface area contributed by atoms with Gasteiger partial charge in [0.05, 0.1) is 5.92 Å². The SMILES string of the molecule is CC(C)NC(=O)c1ccc(C(=O)NC2CCCCCCC2C(=O)O)cc1. The van der Waals surface area contributed by atoms with Crippen LogP contribution in [0.2, 0.25) is 0 Å². The molecule has 0 aromatic heterocycles. The zero-order chi connectivity index (χ0) is 19.1. The highest BCUT2D eigenvalue weighted by atomic mass is 16.4. The van der Waals surface area contributed by atoms with Crippen LogP contribution in [0, 0.1) is 5.92 Å². The fourth-order valence-electron chi connectivity index (χ4n) is 3.32. The molecule has 1 aromatic carbocycles. The number of hydrogen-bond donors (Lipinski definition) is 3. The van der Waals surface area contributed by atoms with E-state index in [9.17, 15) is 19.5 Å². The van der Waals surface area contributed by atoms with E-state index in [4.69, 9.17) is 0 Å². The number of carbonyl (C=O) groups excluding carboxylic acids is 2. The van der Waals surface area contributed by atoms with Crippen LogP contribution in [0.3, 0.4) is 0 Å². The molecule has 0 radical (unpaired) electrons. The first-order valence-corrected chi connectivity index (χ1v) is 9.33. The van der Waals surface area contributed by atoms with E-state index < -0.39 is 11.9 Å². The van der Waals surface area contributed by atoms with Crippen molar-refractivity contribution in [1.29, 1.82) is 0 Å². The first-order chi connectivity index (χ1) is 12.4. The van der Waals surface area contributed by atoms with Crippen molar-refractivity contribution in [3.8, 4) is 0 Å². The molecule has 0 aliphatic heterocycles. The third-order valence-electron chi connectivity index (χ3n) is 4.73. The van der Waals surface area contributed by atoms with Gasteiger partial charge in [0.15, 0.2) is 0 Å². The quantitative estimate of drug-likeness (QED) is 0.752. The Kier molecular flexibility index (Phi) is 7.18. The van der Waals surface area contributed by atoms with Gasteiger partial charge in [0, 0.05) is 23.2 Å². The van der Waals surface area contributed by atoms with Gasteiger partial charge in [-0.15, -0.1) is 0 Å². The average Bonchev–Trinajstić information content (AvgIpc) is 2.56. The van der Waals surface area contributed by atoms with E-state index in [0.717, 1.165) is 25.7 Å². The van der Waals surface area contributed by atoms with Crippen LogP contribution in [-0.2, 0) is 4.79 Å². The third kappa shape index (κ3) is 5.58. The van der Waals surface area contributed by atoms with E-state index in [1.165, 1.54) is 0 Å². The maximum Gasteiger partial charge on any atom is 0.308 e. The van der Waals surface area contributed by atoms with Gasteiger partial charge in [0.1, 0.15) is 0 Å². The Balaban J connectivity index is 2.05. The van der Waals surface area contributed by atoms with E-state index in [1.54, 1.807) is 24.3 Å². The lowest BCUT2D eigenvalue weighted by Crippen LogP contribution is -2.43. The molecule has 1 fully saturated rings. The first-order valence-electron chi connectivity index (χ1n) is 9.33. The minimum Gasteiger partial charge on any atom is -0.481 e. The standard InChI is InChI=1S/C20H28N2O4/c1-13(2)21-18(23)14-9-11-15(12-10-14)19(24)22-17-8-6-4-3-5-7-16(17)20(25)26/h9-13,16-17H,3-8H2,1-2H3,(H,21,23)(H,22,24)(H,25,26). The van der Waals surface area contributed by atoms with Gasteiger partial charge in [0.25, 0.3) is 11.8 Å². The Morgan fingerprint density at radius 2 is 1.46 bits per heavy atom. The molecule has 26 heavy (non-hydrogen) atoms. The number of nitrogens with one attached hydrogen (secondary N) is 2. The number of aliphatic carboxylic acids is 1. The molecule has 1 aromatic rings. The molecule has 2 atom stereocenters. The predicted octanol–water partition coefficient (Wildman–Crippen LogP) is 2.98. The summed E-state index contributed by atoms with van der Waals surface area (Å²) in [6.45, 7) is 3.77. The molecule has 1 aliphatic rings. The fraction of sp³-hybridized carbons (Fsp3) is 0.550. The molecule has 142 valence electrons. The minimum absolute atomic E-state index is 0.0396. The van der Waals surface area contributed by atoms with Crippen molar-refractivity contribution in [2.24, 2.45) is 5.92 Å². The zero-order valence-corrected chi connectivity index (χ0v) is 15.5. The summed E-state index contributed by atoms with van der Waals surface area (Å²) in [6.07, 6.45) is 5.18. The maximum atomic E-state index is 12.5. The lowest BCUT2D eigenvalue weighted by molar-refractivity contribution is -0.143. The summed E-state index contributed by atoms with van der Waals surface area (Å²) < 4.78 is 0. The van der Waals surface area contributed by atoms with Gasteiger partial charge >= 0.3 is 5.97 Å². The number of amides is 2. The number of hydrogen-bond acceptors (Lipinski definition) is 3. The molecule has 0 heterocycles. The van der Waals surface area contributed by atoms with Crippen molar-refractivity contribution in [2.75, 3.05) is 0 Å². The first kappa shape index (κ1) is 19.9. The van der Waals surface area contributed by atoms with Crippen LogP contribution in [0.1, 0.15) is 73.1 Å². The second-order valence-electron chi connectivity index (χ2n) is 7.22. The molecule has 1 aliphatic carbocycles. The summed E-state index contributed by atoms with van der Waals surface area (Å²) in [7, 11) is 0. The lowest BCUT2D eigenvalue weighted by Gasteiger charge is -2.27. The van der Waals surface area contributed by atoms with Gasteiger partial charge in [-0.1, -0.05) is 25.7 Å². The van der Waals surface area contributed by atoms with Crippen molar-refractivity contribution in [1.82, 2.24) is 10.6 Å². The number of benzene rings is 1. The average molecular weight is 360 g/mol. The Hall–Kier alpha value is -2.37. The molecule has 6 heteroatoms. The topological polar surface area (TPSA) is 95.5 Å². The van der Waals surface area contributed by atoms with Crippen LogP contribution in [0.15, 0.2) is 24.3 Å². The second-order valence-corrected chi connectivity index (χ2v) is 7.22. The third-order valence-corrected chi connectivity index (χ3v) is 4.73. The molecular formula is C20H28N2O4. The Bertz CT molecular complexity index is 640. The highest BCUT2D eigenvalue weighted by Gasteiger charge is 2.30. The summed E-state index contributed by atoms with van der Waals surface area (Å²) in [5.41, 5.74) is 0.918. The predicted molar refractivity (Wildman–Crippen MR) is 99.1 cm³/mol. The van der Waals surface area contributed by atoms with E-state index in [2.05, 4.69) is 10.6 Å². The van der Waals surface area contributed by atoms with Gasteiger partial charge in [-0.3, -0.25) is 14.4 Å². The van der Waals surface area contributed by atoms with Crippen LogP contribution in [0.25, 0.3) is 0 Å². The highest BCUT2D eigenvalue weighted by molar-refractivity contribution is 5.98. The van der Waals surface area contributed by atoms with E-state index >= 15 is 0 Å². The van der Waals surface area contributed by atoms with Crippen molar-refractivity contribution in [3.05, 3.63) is 35.4 Å². The van der Waals surface area contributed by atoms with E-state index in [0.29, 0.717) is 24.0 Å². The van der Waals surface area contributed by atoms with Crippen molar-refractivity contribution in [2.45, 2.75) is 64.5 Å². The Morgan fingerprint density at radius 3 is 2.00 bits per heavy atom. The molecule has 2 unspecified atom stereocenters. The number of rotatable bonds is 5. The molecule has 1 saturated carbocycles. The van der Waals surface area contributed by atoms with E-state index in [1.807, 2.05) is 13.8 Å². The van der Waals surface area contributed by atoms with Crippen LogP contribution >= 0.6 is 0 Å². The van der Waals surface area contributed by atoms with Gasteiger partial charge in [-0.05, 0) is 51.0 Å². The van der Waals surface area contributed by atoms with Crippen LogP contribution in [0.5, 0.6) is 0 Å². The summed E-state index contributed by atoms with van der Waals surface area (Å²) in [5.74, 6) is -1.87. The molecule has 6 nitrogen and oxygen atoms in total. The van der Waals surface area contributed by atoms with Crippen LogP contribution < -0.4 is 10.6 Å². The Labute approximate surface area is 154 Å². The van der Waals surface area contributed by atoms with Gasteiger partial charge in [0.2, 0.25) is 0 Å². The van der Waals surface area contributed by atoms with Crippen molar-refractivity contribution < 1.29 is 19.5 Å². The molecular weight excluding hydrogens is 332 g/mol. The summed E-state index contributed by atoms with van der Waals surface area (Å²) in [4.78, 5) is 36.1. The van der Waals surface area contributed by atoms with E-state index in [-0.39, 0.29) is 23.9 Å². The van der Waals surface area contributed by atoms with Crippen LogP contribution in [0.4, 0.5) is 0 Å². The van der Waals surface area contributed by atoms with Gasteiger partial charge in [-0.2, -0.15) is 0 Å².